The summed E-state index contributed by atoms with van der Waals surface area (Å²) < 4.78 is 19.2. The van der Waals surface area contributed by atoms with E-state index in [4.69, 9.17) is 19.9 Å². The Morgan fingerprint density at radius 3 is 2.39 bits per heavy atom. The van der Waals surface area contributed by atoms with Gasteiger partial charge >= 0.3 is 11.4 Å². The summed E-state index contributed by atoms with van der Waals surface area (Å²) in [7, 11) is 1.38. The maximum absolute atomic E-state index is 13.9. The molecular weight excluding hydrogens is 526 g/mol. The van der Waals surface area contributed by atoms with Crippen LogP contribution in [-0.2, 0) is 10.2 Å². The van der Waals surface area contributed by atoms with Gasteiger partial charge in [-0.25, -0.2) is 19.3 Å². The molecule has 1 aliphatic rings. The Kier molecular flexibility index (Phi) is 7.74. The van der Waals surface area contributed by atoms with Crippen LogP contribution in [0, 0.1) is 0 Å². The number of amides is 1. The fourth-order valence-corrected chi connectivity index (χ4v) is 5.05. The molecule has 1 aliphatic heterocycles. The van der Waals surface area contributed by atoms with Gasteiger partial charge in [-0.1, -0.05) is 45.0 Å². The number of hydrogen-bond acceptors (Lipinski definition) is 7. The van der Waals surface area contributed by atoms with E-state index in [9.17, 15) is 14.4 Å². The number of carbonyl (C=O) groups excluding carboxylic acids is 1. The third-order valence-electron chi connectivity index (χ3n) is 7.31. The Bertz CT molecular complexity index is 1710. The Hall–Kier alpha value is -4.35. The molecule has 41 heavy (non-hydrogen) atoms. The lowest BCUT2D eigenvalue weighted by atomic mass is 9.85. The number of carbonyl (C=O) groups is 1. The third kappa shape index (κ3) is 5.50. The minimum absolute atomic E-state index is 0.0925. The predicted molar refractivity (Wildman–Crippen MR) is 156 cm³/mol. The number of methoxy groups -OCH3 is 1. The fraction of sp³-hybridized carbons (Fsp3) is 0.367. The van der Waals surface area contributed by atoms with E-state index in [1.807, 2.05) is 45.0 Å². The SMILES string of the molecule is COc1c(C(N)=O)cc(C(C)(C)C)cc1-n1[nH]c(=O)n(-c2ccc(OCCN3CCOCC3)c3ccccc23)c1=O. The summed E-state index contributed by atoms with van der Waals surface area (Å²) in [6.07, 6.45) is 0. The molecule has 0 radical (unpaired) electrons. The van der Waals surface area contributed by atoms with Gasteiger partial charge in [-0.05, 0) is 35.2 Å². The highest BCUT2D eigenvalue weighted by Gasteiger charge is 2.25. The van der Waals surface area contributed by atoms with Crippen molar-refractivity contribution in [2.24, 2.45) is 5.73 Å². The van der Waals surface area contributed by atoms with Crippen LogP contribution in [0.25, 0.3) is 22.1 Å². The Labute approximate surface area is 237 Å². The van der Waals surface area contributed by atoms with Gasteiger partial charge in [0.25, 0.3) is 5.91 Å². The monoisotopic (exact) mass is 561 g/mol. The zero-order chi connectivity index (χ0) is 29.3. The van der Waals surface area contributed by atoms with Gasteiger partial charge < -0.3 is 19.9 Å². The van der Waals surface area contributed by atoms with E-state index in [-0.39, 0.29) is 22.4 Å². The summed E-state index contributed by atoms with van der Waals surface area (Å²) in [5.74, 6) is 0.0428. The number of rotatable bonds is 8. The van der Waals surface area contributed by atoms with Crippen molar-refractivity contribution in [2.75, 3.05) is 46.6 Å². The lowest BCUT2D eigenvalue weighted by molar-refractivity contribution is 0.0323. The van der Waals surface area contributed by atoms with Gasteiger partial charge in [0.15, 0.2) is 5.75 Å². The Balaban J connectivity index is 1.58. The number of nitrogens with one attached hydrogen (secondary N) is 1. The first-order valence-electron chi connectivity index (χ1n) is 13.5. The number of hydrogen-bond donors (Lipinski definition) is 2. The number of aromatic nitrogens is 3. The minimum Gasteiger partial charge on any atom is -0.494 e. The van der Waals surface area contributed by atoms with E-state index in [0.29, 0.717) is 23.4 Å². The molecule has 0 atom stereocenters. The zero-order valence-corrected chi connectivity index (χ0v) is 23.7. The second-order valence-electron chi connectivity index (χ2n) is 11.0. The second-order valence-corrected chi connectivity index (χ2v) is 11.0. The van der Waals surface area contributed by atoms with Crippen molar-refractivity contribution in [1.29, 1.82) is 0 Å². The molecule has 2 heterocycles. The highest BCUT2D eigenvalue weighted by atomic mass is 16.5. The van der Waals surface area contributed by atoms with E-state index in [0.717, 1.165) is 53.0 Å². The molecular formula is C30H35N5O6. The van der Waals surface area contributed by atoms with Gasteiger partial charge in [0.05, 0.1) is 31.6 Å². The smallest absolute Gasteiger partial charge is 0.356 e. The molecule has 1 aromatic heterocycles. The lowest BCUT2D eigenvalue weighted by Gasteiger charge is -2.26. The Morgan fingerprint density at radius 1 is 1.02 bits per heavy atom. The molecule has 216 valence electrons. The average Bonchev–Trinajstić information content (AvgIpc) is 3.25. The number of fused-ring (bicyclic) bond motifs is 1. The van der Waals surface area contributed by atoms with Crippen molar-refractivity contribution in [3.8, 4) is 22.9 Å². The van der Waals surface area contributed by atoms with Gasteiger partial charge in [-0.15, -0.1) is 0 Å². The van der Waals surface area contributed by atoms with Crippen LogP contribution in [0.1, 0.15) is 36.7 Å². The summed E-state index contributed by atoms with van der Waals surface area (Å²) in [5, 5.41) is 4.08. The number of primary amides is 1. The van der Waals surface area contributed by atoms with E-state index in [1.165, 1.54) is 7.11 Å². The molecule has 3 aromatic carbocycles. The standard InChI is InChI=1S/C30H35N5O6/c1-30(2,3)19-17-22(27(31)36)26(39-4)24(18-19)35-29(38)34(28(37)32-35)23-9-10-25(21-8-6-5-7-20(21)23)41-16-13-33-11-14-40-15-12-33/h5-10,17-18H,11-16H2,1-4H3,(H2,31,36)(H,32,37). The molecule has 4 aromatic rings. The molecule has 1 fully saturated rings. The Morgan fingerprint density at radius 2 is 1.73 bits per heavy atom. The molecule has 0 unspecified atom stereocenters. The summed E-state index contributed by atoms with van der Waals surface area (Å²) in [6.45, 7) is 10.3. The first-order chi connectivity index (χ1) is 19.6. The van der Waals surface area contributed by atoms with Crippen LogP contribution in [0.4, 0.5) is 0 Å². The number of H-pyrrole nitrogens is 1. The second kappa shape index (κ2) is 11.3. The zero-order valence-electron chi connectivity index (χ0n) is 23.7. The largest absolute Gasteiger partial charge is 0.494 e. The lowest BCUT2D eigenvalue weighted by Crippen LogP contribution is -2.38. The summed E-state index contributed by atoms with van der Waals surface area (Å²) in [5.41, 5.74) is 5.44. The predicted octanol–water partition coefficient (Wildman–Crippen LogP) is 2.59. The first kappa shape index (κ1) is 28.2. The van der Waals surface area contributed by atoms with Gasteiger partial charge in [0.1, 0.15) is 18.0 Å². The highest BCUT2D eigenvalue weighted by Crippen LogP contribution is 2.34. The molecule has 0 bridgehead atoms. The van der Waals surface area contributed by atoms with Crippen molar-refractivity contribution in [3.05, 3.63) is 80.6 Å². The van der Waals surface area contributed by atoms with E-state index < -0.39 is 17.3 Å². The summed E-state index contributed by atoms with van der Waals surface area (Å²) >= 11 is 0. The van der Waals surface area contributed by atoms with Crippen molar-refractivity contribution in [2.45, 2.75) is 26.2 Å². The molecule has 0 aliphatic carbocycles. The number of morpholine rings is 1. The number of nitrogens with zero attached hydrogens (tertiary/aromatic N) is 3. The van der Waals surface area contributed by atoms with Gasteiger partial charge in [0, 0.05) is 30.4 Å². The molecule has 0 saturated carbocycles. The normalized spacial score (nSPS) is 14.3. The molecule has 1 saturated heterocycles. The molecule has 1 amide bonds. The van der Waals surface area contributed by atoms with Crippen molar-refractivity contribution >= 4 is 16.7 Å². The number of aromatic amines is 1. The molecule has 3 N–H and O–H groups in total. The third-order valence-corrected chi connectivity index (χ3v) is 7.31. The van der Waals surface area contributed by atoms with Gasteiger partial charge in [-0.2, -0.15) is 4.68 Å². The molecule has 5 rings (SSSR count). The minimum atomic E-state index is -0.709. The summed E-state index contributed by atoms with van der Waals surface area (Å²) in [6, 6.07) is 14.3. The quantitative estimate of drug-likeness (QED) is 0.338. The van der Waals surface area contributed by atoms with Crippen LogP contribution < -0.4 is 26.6 Å². The van der Waals surface area contributed by atoms with Gasteiger partial charge in [0.2, 0.25) is 0 Å². The first-order valence-corrected chi connectivity index (χ1v) is 13.5. The molecule has 0 spiro atoms. The van der Waals surface area contributed by atoms with Crippen LogP contribution >= 0.6 is 0 Å². The van der Waals surface area contributed by atoms with E-state index >= 15 is 0 Å². The fourth-order valence-electron chi connectivity index (χ4n) is 5.05. The topological polar surface area (TPSA) is 134 Å². The van der Waals surface area contributed by atoms with Crippen LogP contribution in [0.5, 0.6) is 11.5 Å². The van der Waals surface area contributed by atoms with Crippen LogP contribution in [-0.4, -0.2) is 71.7 Å². The van der Waals surface area contributed by atoms with Crippen molar-refractivity contribution in [3.63, 3.8) is 0 Å². The van der Waals surface area contributed by atoms with E-state index in [1.54, 1.807) is 24.3 Å². The number of nitrogens with two attached hydrogens (primary N) is 1. The maximum atomic E-state index is 13.9. The van der Waals surface area contributed by atoms with Crippen LogP contribution in [0.3, 0.4) is 0 Å². The molecule has 11 heteroatoms. The van der Waals surface area contributed by atoms with Gasteiger partial charge in [-0.3, -0.25) is 9.69 Å². The molecule has 11 nitrogen and oxygen atoms in total. The number of ether oxygens (including phenoxy) is 3. The highest BCUT2D eigenvalue weighted by molar-refractivity contribution is 5.97. The number of benzene rings is 3. The van der Waals surface area contributed by atoms with E-state index in [2.05, 4.69) is 10.00 Å². The van der Waals surface area contributed by atoms with Crippen LogP contribution in [0.2, 0.25) is 0 Å². The average molecular weight is 562 g/mol. The maximum Gasteiger partial charge on any atom is 0.356 e. The van der Waals surface area contributed by atoms with Crippen molar-refractivity contribution in [1.82, 2.24) is 19.2 Å². The van der Waals surface area contributed by atoms with Crippen molar-refractivity contribution < 1.29 is 19.0 Å². The van der Waals surface area contributed by atoms with Crippen LogP contribution in [0.15, 0.2) is 58.1 Å². The summed E-state index contributed by atoms with van der Waals surface area (Å²) in [4.78, 5) is 41.8.